The van der Waals surface area contributed by atoms with Crippen molar-refractivity contribution >= 4 is 5.91 Å². The van der Waals surface area contributed by atoms with Crippen LogP contribution >= 0.6 is 0 Å². The first-order valence-corrected chi connectivity index (χ1v) is 8.67. The quantitative estimate of drug-likeness (QED) is 0.730. The van der Waals surface area contributed by atoms with Gasteiger partial charge in [0.1, 0.15) is 11.4 Å². The largest absolute Gasteiger partial charge is 0.497 e. The number of nitrogens with zero attached hydrogens (tertiary/aromatic N) is 2. The molecule has 1 amide bonds. The smallest absolute Gasteiger partial charge is 0.268 e. The molecule has 5 nitrogen and oxygen atoms in total. The van der Waals surface area contributed by atoms with Gasteiger partial charge in [0.2, 0.25) is 0 Å². The van der Waals surface area contributed by atoms with Crippen LogP contribution in [0.5, 0.6) is 5.75 Å². The van der Waals surface area contributed by atoms with E-state index in [1.54, 1.807) is 19.5 Å². The molecule has 0 bridgehead atoms. The third-order valence-corrected chi connectivity index (χ3v) is 4.43. The van der Waals surface area contributed by atoms with Crippen molar-refractivity contribution in [2.24, 2.45) is 0 Å². The highest BCUT2D eigenvalue weighted by Crippen LogP contribution is 2.25. The Bertz CT molecular complexity index is 870. The third kappa shape index (κ3) is 3.77. The second-order valence-electron chi connectivity index (χ2n) is 6.11. The summed E-state index contributed by atoms with van der Waals surface area (Å²) in [6, 6.07) is 13.5. The number of carbonyl (C=O) groups excluding carboxylic acids is 1. The van der Waals surface area contributed by atoms with Crippen LogP contribution in [0.25, 0.3) is 11.1 Å². The molecule has 0 radical (unpaired) electrons. The van der Waals surface area contributed by atoms with Crippen molar-refractivity contribution in [1.82, 2.24) is 14.9 Å². The molecule has 26 heavy (non-hydrogen) atoms. The molecule has 1 aromatic carbocycles. The minimum Gasteiger partial charge on any atom is -0.497 e. The van der Waals surface area contributed by atoms with Gasteiger partial charge in [-0.25, -0.2) is 0 Å². The number of hydrogen-bond donors (Lipinski definition) is 1. The highest BCUT2D eigenvalue weighted by Gasteiger charge is 2.17. The van der Waals surface area contributed by atoms with Crippen molar-refractivity contribution in [1.29, 1.82) is 0 Å². The maximum Gasteiger partial charge on any atom is 0.268 e. The van der Waals surface area contributed by atoms with E-state index in [4.69, 9.17) is 4.74 Å². The lowest BCUT2D eigenvalue weighted by Gasteiger charge is -2.14. The number of nitrogens with one attached hydrogen (secondary N) is 1. The number of carbonyl (C=O) groups is 1. The van der Waals surface area contributed by atoms with Crippen molar-refractivity contribution in [2.75, 3.05) is 7.11 Å². The summed E-state index contributed by atoms with van der Waals surface area (Å²) in [5, 5.41) is 3.05. The van der Waals surface area contributed by atoms with E-state index < -0.39 is 0 Å². The lowest BCUT2D eigenvalue weighted by molar-refractivity contribution is 0.0930. The van der Waals surface area contributed by atoms with Crippen molar-refractivity contribution in [3.63, 3.8) is 0 Å². The van der Waals surface area contributed by atoms with Gasteiger partial charge in [-0.2, -0.15) is 0 Å². The number of aromatic nitrogens is 2. The molecule has 0 aliphatic rings. The zero-order chi connectivity index (χ0) is 18.5. The van der Waals surface area contributed by atoms with Gasteiger partial charge in [-0.15, -0.1) is 0 Å². The van der Waals surface area contributed by atoms with Gasteiger partial charge in [-0.05, 0) is 49.2 Å². The molecular formula is C21H23N3O2. The molecule has 0 unspecified atom stereocenters. The van der Waals surface area contributed by atoms with E-state index in [9.17, 15) is 4.79 Å². The molecule has 134 valence electrons. The van der Waals surface area contributed by atoms with Gasteiger partial charge in [0.15, 0.2) is 0 Å². The fourth-order valence-electron chi connectivity index (χ4n) is 2.89. The molecule has 0 saturated carbocycles. The van der Waals surface area contributed by atoms with E-state index in [2.05, 4.69) is 10.3 Å². The Labute approximate surface area is 153 Å². The van der Waals surface area contributed by atoms with Gasteiger partial charge >= 0.3 is 0 Å². The molecule has 0 aliphatic heterocycles. The summed E-state index contributed by atoms with van der Waals surface area (Å²) in [5.74, 6) is 0.718. The zero-order valence-corrected chi connectivity index (χ0v) is 15.3. The number of pyridine rings is 1. The minimum absolute atomic E-state index is 0.0945. The first-order valence-electron chi connectivity index (χ1n) is 8.67. The molecule has 2 heterocycles. The van der Waals surface area contributed by atoms with Gasteiger partial charge < -0.3 is 14.6 Å². The van der Waals surface area contributed by atoms with E-state index in [1.165, 1.54) is 0 Å². The topological polar surface area (TPSA) is 56.1 Å². The predicted octanol–water partition coefficient (Wildman–Crippen LogP) is 4.07. The summed E-state index contributed by atoms with van der Waals surface area (Å²) in [5.41, 5.74) is 3.68. The van der Waals surface area contributed by atoms with Crippen molar-refractivity contribution < 1.29 is 9.53 Å². The lowest BCUT2D eigenvalue weighted by atomic mass is 10.1. The van der Waals surface area contributed by atoms with Crippen LogP contribution in [0.4, 0.5) is 0 Å². The molecular weight excluding hydrogens is 326 g/mol. The summed E-state index contributed by atoms with van der Waals surface area (Å²) in [6.45, 7) is 4.71. The molecule has 1 atom stereocenters. The standard InChI is InChI=1S/C21H23N3O2/c1-4-24-14-18(16-7-9-19(26-3)10-8-16)12-20(24)21(25)23-15(2)17-6-5-11-22-13-17/h5-15H,4H2,1-3H3,(H,23,25)/t15-/m1/s1. The molecule has 3 rings (SSSR count). The first-order chi connectivity index (χ1) is 12.6. The van der Waals surface area contributed by atoms with Crippen LogP contribution in [-0.4, -0.2) is 22.6 Å². The van der Waals surface area contributed by atoms with E-state index in [-0.39, 0.29) is 11.9 Å². The minimum atomic E-state index is -0.110. The van der Waals surface area contributed by atoms with Crippen LogP contribution < -0.4 is 10.1 Å². The number of methoxy groups -OCH3 is 1. The summed E-state index contributed by atoms with van der Waals surface area (Å²) >= 11 is 0. The molecule has 1 N–H and O–H groups in total. The molecule has 0 aliphatic carbocycles. The molecule has 0 fully saturated rings. The van der Waals surface area contributed by atoms with Crippen molar-refractivity contribution in [3.8, 4) is 16.9 Å². The number of ether oxygens (including phenoxy) is 1. The zero-order valence-electron chi connectivity index (χ0n) is 15.3. The summed E-state index contributed by atoms with van der Waals surface area (Å²) in [6.07, 6.45) is 5.50. The fourth-order valence-corrected chi connectivity index (χ4v) is 2.89. The van der Waals surface area contributed by atoms with Crippen LogP contribution in [-0.2, 0) is 6.54 Å². The molecule has 0 saturated heterocycles. The maximum absolute atomic E-state index is 12.8. The maximum atomic E-state index is 12.8. The summed E-state index contributed by atoms with van der Waals surface area (Å²) in [4.78, 5) is 16.9. The van der Waals surface area contributed by atoms with Crippen molar-refractivity contribution in [2.45, 2.75) is 26.4 Å². The van der Waals surface area contributed by atoms with Gasteiger partial charge in [0.05, 0.1) is 13.2 Å². The van der Waals surface area contributed by atoms with Gasteiger partial charge in [0.25, 0.3) is 5.91 Å². The van der Waals surface area contributed by atoms with Crippen LogP contribution in [0.2, 0.25) is 0 Å². The van der Waals surface area contributed by atoms with Gasteiger partial charge in [-0.3, -0.25) is 9.78 Å². The van der Waals surface area contributed by atoms with Gasteiger partial charge in [-0.1, -0.05) is 18.2 Å². The fraction of sp³-hybridized carbons (Fsp3) is 0.238. The second kappa shape index (κ2) is 7.87. The Balaban J connectivity index is 1.82. The van der Waals surface area contributed by atoms with Gasteiger partial charge in [0, 0.05) is 30.7 Å². The SMILES string of the molecule is CCn1cc(-c2ccc(OC)cc2)cc1C(=O)N[C@H](C)c1cccnc1. The van der Waals surface area contributed by atoms with Crippen molar-refractivity contribution in [3.05, 3.63) is 72.3 Å². The Morgan fingerprint density at radius 2 is 2.00 bits per heavy atom. The number of rotatable bonds is 6. The normalized spacial score (nSPS) is 11.8. The molecule has 0 spiro atoms. The molecule has 3 aromatic rings. The Morgan fingerprint density at radius 3 is 2.62 bits per heavy atom. The average molecular weight is 349 g/mol. The van der Waals surface area contributed by atoms with Crippen LogP contribution in [0.15, 0.2) is 61.1 Å². The van der Waals surface area contributed by atoms with E-state index >= 15 is 0 Å². The van der Waals surface area contributed by atoms with Crippen LogP contribution in [0.3, 0.4) is 0 Å². The Hall–Kier alpha value is -3.08. The van der Waals surface area contributed by atoms with Crippen LogP contribution in [0, 0.1) is 0 Å². The monoisotopic (exact) mass is 349 g/mol. The lowest BCUT2D eigenvalue weighted by Crippen LogP contribution is -2.28. The second-order valence-corrected chi connectivity index (χ2v) is 6.11. The first kappa shape index (κ1) is 17.7. The van der Waals surface area contributed by atoms with E-state index in [1.807, 2.05) is 67.1 Å². The van der Waals surface area contributed by atoms with E-state index in [0.717, 1.165) is 29.0 Å². The summed E-state index contributed by atoms with van der Waals surface area (Å²) in [7, 11) is 1.65. The highest BCUT2D eigenvalue weighted by atomic mass is 16.5. The molecule has 2 aromatic heterocycles. The Morgan fingerprint density at radius 1 is 1.23 bits per heavy atom. The highest BCUT2D eigenvalue weighted by molar-refractivity contribution is 5.94. The number of aryl methyl sites for hydroxylation is 1. The van der Waals surface area contributed by atoms with E-state index in [0.29, 0.717) is 5.69 Å². The third-order valence-electron chi connectivity index (χ3n) is 4.43. The molecule has 5 heteroatoms. The number of hydrogen-bond acceptors (Lipinski definition) is 3. The predicted molar refractivity (Wildman–Crippen MR) is 102 cm³/mol. The Kier molecular flexibility index (Phi) is 5.37. The summed E-state index contributed by atoms with van der Waals surface area (Å²) < 4.78 is 7.17. The number of benzene rings is 1. The number of amides is 1. The average Bonchev–Trinajstić information content (AvgIpc) is 3.13. The van der Waals surface area contributed by atoms with Crippen LogP contribution in [0.1, 0.15) is 35.9 Å².